The zero-order valence-corrected chi connectivity index (χ0v) is 26.7. The van der Waals surface area contributed by atoms with Crippen molar-refractivity contribution in [2.24, 2.45) is 0 Å². The lowest BCUT2D eigenvalue weighted by Gasteiger charge is -2.39. The molecule has 3 heterocycles. The lowest BCUT2D eigenvalue weighted by atomic mass is 10.0. The van der Waals surface area contributed by atoms with Crippen LogP contribution in [0.2, 0.25) is 10.0 Å². The maximum absolute atomic E-state index is 14.0. The van der Waals surface area contributed by atoms with Crippen LogP contribution in [0.3, 0.4) is 0 Å². The number of piperidine rings is 1. The van der Waals surface area contributed by atoms with Gasteiger partial charge in [0.15, 0.2) is 11.2 Å². The minimum Gasteiger partial charge on any atom is -0.451 e. The van der Waals surface area contributed by atoms with E-state index in [0.717, 1.165) is 42.3 Å². The van der Waals surface area contributed by atoms with Crippen molar-refractivity contribution in [2.75, 3.05) is 37.6 Å². The van der Waals surface area contributed by atoms with Crippen LogP contribution in [0.5, 0.6) is 0 Å². The quantitative estimate of drug-likeness (QED) is 0.275. The average molecular weight is 662 g/mol. The van der Waals surface area contributed by atoms with Crippen molar-refractivity contribution in [3.63, 3.8) is 0 Å². The molecule has 2 fully saturated rings. The van der Waals surface area contributed by atoms with E-state index in [1.807, 2.05) is 29.2 Å². The van der Waals surface area contributed by atoms with Gasteiger partial charge in [-0.25, -0.2) is 0 Å². The number of hydrogen-bond acceptors (Lipinski definition) is 6. The Bertz CT molecular complexity index is 1820. The molecule has 0 aliphatic carbocycles. The van der Waals surface area contributed by atoms with Crippen molar-refractivity contribution < 1.29 is 18.8 Å². The van der Waals surface area contributed by atoms with Gasteiger partial charge >= 0.3 is 0 Å². The predicted molar refractivity (Wildman–Crippen MR) is 178 cm³/mol. The Morgan fingerprint density at radius 2 is 1.59 bits per heavy atom. The van der Waals surface area contributed by atoms with Crippen LogP contribution in [0.15, 0.2) is 82.0 Å². The minimum atomic E-state index is -0.913. The van der Waals surface area contributed by atoms with E-state index in [-0.39, 0.29) is 35.0 Å². The van der Waals surface area contributed by atoms with Gasteiger partial charge in [0.1, 0.15) is 11.6 Å². The Kier molecular flexibility index (Phi) is 9.61. The van der Waals surface area contributed by atoms with E-state index < -0.39 is 17.4 Å². The maximum Gasteiger partial charge on any atom is 0.287 e. The molecular formula is C35H34Cl2N4O5. The molecule has 238 valence electrons. The lowest BCUT2D eigenvalue weighted by molar-refractivity contribution is -0.134. The van der Waals surface area contributed by atoms with E-state index >= 15 is 0 Å². The molecule has 3 amide bonds. The maximum atomic E-state index is 14.0. The number of halogens is 2. The van der Waals surface area contributed by atoms with Gasteiger partial charge in [-0.05, 0) is 60.4 Å². The molecular weight excluding hydrogens is 627 g/mol. The molecule has 2 aliphatic heterocycles. The molecule has 9 nitrogen and oxygen atoms in total. The van der Waals surface area contributed by atoms with E-state index in [9.17, 15) is 19.2 Å². The fraction of sp³-hybridized carbons (Fsp3) is 0.314. The van der Waals surface area contributed by atoms with Gasteiger partial charge in [-0.3, -0.25) is 19.2 Å². The summed E-state index contributed by atoms with van der Waals surface area (Å²) >= 11 is 12.1. The fourth-order valence-electron chi connectivity index (χ4n) is 6.10. The summed E-state index contributed by atoms with van der Waals surface area (Å²) in [5, 5.41) is 4.03. The number of fused-ring (bicyclic) bond motifs is 1. The highest BCUT2D eigenvalue weighted by molar-refractivity contribution is 6.31. The summed E-state index contributed by atoms with van der Waals surface area (Å²) in [5.41, 5.74) is 2.79. The van der Waals surface area contributed by atoms with Crippen molar-refractivity contribution in [1.82, 2.24) is 15.1 Å². The standard InChI is InChI=1S/C35H34Cl2N4O5/c36-25-10-8-23(9-11-25)19-28(38-34(44)32-21-30(42)27-20-26(37)12-13-31(27)46-32)35(45)40-17-15-39(16-18-40)29-6-2-1-5-24(29)22-41-14-4-3-7-33(41)43/h1-2,5-6,8-13,20-21,28H,3-4,7,14-19,22H2,(H,38,44)/t28-/m1/s1. The second kappa shape index (κ2) is 14.0. The molecule has 0 radical (unpaired) electrons. The summed E-state index contributed by atoms with van der Waals surface area (Å²) < 4.78 is 5.74. The minimum absolute atomic E-state index is 0.192. The molecule has 0 saturated carbocycles. The number of para-hydroxylation sites is 1. The number of amides is 3. The fourth-order valence-corrected chi connectivity index (χ4v) is 6.40. The number of rotatable bonds is 8. The molecule has 1 atom stereocenters. The van der Waals surface area contributed by atoms with Crippen LogP contribution in [0.1, 0.15) is 40.9 Å². The summed E-state index contributed by atoms with van der Waals surface area (Å²) in [4.78, 5) is 58.5. The molecule has 0 bridgehead atoms. The van der Waals surface area contributed by atoms with Crippen LogP contribution < -0.4 is 15.6 Å². The molecule has 0 spiro atoms. The van der Waals surface area contributed by atoms with Crippen LogP contribution in [-0.2, 0) is 22.6 Å². The lowest BCUT2D eigenvalue weighted by Crippen LogP contribution is -2.55. The molecule has 2 aliphatic rings. The molecule has 6 rings (SSSR count). The van der Waals surface area contributed by atoms with Gasteiger partial charge in [-0.15, -0.1) is 0 Å². The Labute approximate surface area is 276 Å². The van der Waals surface area contributed by atoms with Crippen LogP contribution in [-0.4, -0.2) is 66.3 Å². The number of carbonyl (C=O) groups excluding carboxylic acids is 3. The largest absolute Gasteiger partial charge is 0.451 e. The Hall–Kier alpha value is -4.34. The van der Waals surface area contributed by atoms with Gasteiger partial charge in [-0.2, -0.15) is 0 Å². The Morgan fingerprint density at radius 1 is 0.848 bits per heavy atom. The average Bonchev–Trinajstić information content (AvgIpc) is 3.06. The smallest absolute Gasteiger partial charge is 0.287 e. The van der Waals surface area contributed by atoms with Crippen molar-refractivity contribution in [3.8, 4) is 0 Å². The number of nitrogens with zero attached hydrogens (tertiary/aromatic N) is 3. The SMILES string of the molecule is O=C(N[C@H](Cc1ccc(Cl)cc1)C(=O)N1CCN(c2ccccc2CN2CCCCC2=O)CC1)c1cc(=O)c2cc(Cl)ccc2o1. The van der Waals surface area contributed by atoms with Crippen molar-refractivity contribution in [2.45, 2.75) is 38.3 Å². The number of nitrogens with one attached hydrogen (secondary N) is 1. The molecule has 11 heteroatoms. The first-order valence-electron chi connectivity index (χ1n) is 15.4. The summed E-state index contributed by atoms with van der Waals surface area (Å²) in [5.74, 6) is -0.897. The first-order chi connectivity index (χ1) is 22.2. The second-order valence-corrected chi connectivity index (χ2v) is 12.6. The predicted octanol–water partition coefficient (Wildman–Crippen LogP) is 5.30. The summed E-state index contributed by atoms with van der Waals surface area (Å²) in [6.07, 6.45) is 2.78. The van der Waals surface area contributed by atoms with Gasteiger partial charge in [0.05, 0.1) is 5.39 Å². The molecule has 1 aromatic heterocycles. The van der Waals surface area contributed by atoms with Gasteiger partial charge < -0.3 is 24.4 Å². The molecule has 0 unspecified atom stereocenters. The Balaban J connectivity index is 1.17. The number of carbonyl (C=O) groups is 3. The number of benzene rings is 3. The van der Waals surface area contributed by atoms with E-state index in [1.54, 1.807) is 23.1 Å². The van der Waals surface area contributed by atoms with Crippen molar-refractivity contribution in [1.29, 1.82) is 0 Å². The summed E-state index contributed by atoms with van der Waals surface area (Å²) in [7, 11) is 0. The van der Waals surface area contributed by atoms with Gasteiger partial charge in [0.2, 0.25) is 11.8 Å². The van der Waals surface area contributed by atoms with E-state index in [1.165, 1.54) is 12.1 Å². The van der Waals surface area contributed by atoms with Crippen molar-refractivity contribution in [3.05, 3.63) is 110 Å². The van der Waals surface area contributed by atoms with Gasteiger partial charge in [-0.1, -0.05) is 53.5 Å². The van der Waals surface area contributed by atoms with Gasteiger partial charge in [0, 0.05) is 73.9 Å². The topological polar surface area (TPSA) is 103 Å². The number of piperazine rings is 1. The highest BCUT2D eigenvalue weighted by Crippen LogP contribution is 2.26. The van der Waals surface area contributed by atoms with Gasteiger partial charge in [0.25, 0.3) is 5.91 Å². The summed E-state index contributed by atoms with van der Waals surface area (Å²) in [6.45, 7) is 3.44. The van der Waals surface area contributed by atoms with E-state index in [2.05, 4.69) is 22.3 Å². The third-order valence-electron chi connectivity index (χ3n) is 8.58. The van der Waals surface area contributed by atoms with Crippen molar-refractivity contribution >= 4 is 57.6 Å². The highest BCUT2D eigenvalue weighted by Gasteiger charge is 2.31. The Morgan fingerprint density at radius 3 is 2.35 bits per heavy atom. The molecule has 1 N–H and O–H groups in total. The zero-order chi connectivity index (χ0) is 32.2. The third kappa shape index (κ3) is 7.21. The monoisotopic (exact) mass is 660 g/mol. The van der Waals surface area contributed by atoms with Crippen LogP contribution in [0, 0.1) is 0 Å². The number of anilines is 1. The number of hydrogen-bond donors (Lipinski definition) is 1. The van der Waals surface area contributed by atoms with Crippen LogP contribution >= 0.6 is 23.2 Å². The first-order valence-corrected chi connectivity index (χ1v) is 16.2. The zero-order valence-electron chi connectivity index (χ0n) is 25.2. The second-order valence-electron chi connectivity index (χ2n) is 11.7. The van der Waals surface area contributed by atoms with E-state index in [4.69, 9.17) is 27.6 Å². The molecule has 46 heavy (non-hydrogen) atoms. The first kappa shape index (κ1) is 31.6. The molecule has 3 aromatic carbocycles. The molecule has 2 saturated heterocycles. The van der Waals surface area contributed by atoms with Crippen LogP contribution in [0.4, 0.5) is 5.69 Å². The highest BCUT2D eigenvalue weighted by atomic mass is 35.5. The van der Waals surface area contributed by atoms with Crippen LogP contribution in [0.25, 0.3) is 11.0 Å². The van der Waals surface area contributed by atoms with E-state index in [0.29, 0.717) is 49.2 Å². The summed E-state index contributed by atoms with van der Waals surface area (Å²) in [6, 6.07) is 20.0. The normalized spacial score (nSPS) is 16.0. The number of likely N-dealkylation sites (tertiary alicyclic amines) is 1. The third-order valence-corrected chi connectivity index (χ3v) is 9.06. The molecule has 4 aromatic rings.